The number of benzene rings is 3. The molecule has 3 aromatic rings. The Labute approximate surface area is 187 Å². The molecule has 160 valence electrons. The summed E-state index contributed by atoms with van der Waals surface area (Å²) in [5.41, 5.74) is 5.22. The van der Waals surface area contributed by atoms with Gasteiger partial charge in [0.2, 0.25) is 0 Å². The van der Waals surface area contributed by atoms with Crippen LogP contribution in [0, 0.1) is 0 Å². The lowest BCUT2D eigenvalue weighted by molar-refractivity contribution is 0.0236. The quantitative estimate of drug-likeness (QED) is 0.508. The number of hydrogen-bond donors (Lipinski definition) is 0. The topological polar surface area (TPSA) is 9.72 Å². The lowest BCUT2D eigenvalue weighted by Gasteiger charge is -2.42. The smallest absolute Gasteiger partial charge is 0.0824 e. The summed E-state index contributed by atoms with van der Waals surface area (Å²) >= 11 is 0. The van der Waals surface area contributed by atoms with Gasteiger partial charge in [0.05, 0.1) is 6.17 Å². The van der Waals surface area contributed by atoms with Crippen LogP contribution in [0.3, 0.4) is 0 Å². The highest BCUT2D eigenvalue weighted by molar-refractivity contribution is 5.55. The summed E-state index contributed by atoms with van der Waals surface area (Å²) in [7, 11) is 4.16. The number of nitrogens with zero attached hydrogens (tertiary/aromatic N) is 3. The molecule has 1 aliphatic heterocycles. The predicted molar refractivity (Wildman–Crippen MR) is 132 cm³/mol. The highest BCUT2D eigenvalue weighted by Gasteiger charge is 2.27. The standard InChI is InChI=1S/C28H33N3/c1-29(2)27-17-14-24(15-18-27)16-19-28-30(22-25-10-5-3-6-11-25)20-9-21-31(28)23-26-12-7-4-8-13-26/h3-8,10-19,28H,9,20-23H2,1-2H3. The van der Waals surface area contributed by atoms with Gasteiger partial charge in [-0.3, -0.25) is 9.80 Å². The van der Waals surface area contributed by atoms with Crippen molar-refractivity contribution in [2.45, 2.75) is 25.7 Å². The fraction of sp³-hybridized carbons (Fsp3) is 0.286. The Hall–Kier alpha value is -2.88. The Balaban J connectivity index is 1.56. The van der Waals surface area contributed by atoms with Crippen molar-refractivity contribution in [1.82, 2.24) is 9.80 Å². The normalized spacial score (nSPS) is 16.1. The maximum Gasteiger partial charge on any atom is 0.0824 e. The zero-order chi connectivity index (χ0) is 21.5. The van der Waals surface area contributed by atoms with Gasteiger partial charge in [0.15, 0.2) is 0 Å². The Bertz CT molecular complexity index is 899. The molecule has 1 fully saturated rings. The molecule has 3 aromatic carbocycles. The van der Waals surface area contributed by atoms with E-state index in [0.29, 0.717) is 0 Å². The summed E-state index contributed by atoms with van der Waals surface area (Å²) in [6.45, 7) is 4.19. The second kappa shape index (κ2) is 10.4. The van der Waals surface area contributed by atoms with E-state index < -0.39 is 0 Å². The lowest BCUT2D eigenvalue weighted by Crippen LogP contribution is -2.51. The van der Waals surface area contributed by atoms with Crippen molar-refractivity contribution < 1.29 is 0 Å². The second-order valence-electron chi connectivity index (χ2n) is 8.52. The molecule has 0 atom stereocenters. The van der Waals surface area contributed by atoms with Gasteiger partial charge in [-0.25, -0.2) is 0 Å². The SMILES string of the molecule is CN(C)c1ccc(C=CC2N(Cc3ccccc3)CCCN2Cc2ccccc2)cc1. The third-order valence-corrected chi connectivity index (χ3v) is 5.97. The van der Waals surface area contributed by atoms with E-state index in [0.717, 1.165) is 26.2 Å². The zero-order valence-electron chi connectivity index (χ0n) is 18.7. The molecular formula is C28H33N3. The Morgan fingerprint density at radius 3 is 1.74 bits per heavy atom. The Morgan fingerprint density at radius 1 is 0.742 bits per heavy atom. The van der Waals surface area contributed by atoms with Crippen LogP contribution in [-0.2, 0) is 13.1 Å². The van der Waals surface area contributed by atoms with Crippen LogP contribution < -0.4 is 4.90 Å². The van der Waals surface area contributed by atoms with E-state index in [4.69, 9.17) is 0 Å². The van der Waals surface area contributed by atoms with E-state index in [-0.39, 0.29) is 6.17 Å². The van der Waals surface area contributed by atoms with Crippen LogP contribution in [0.25, 0.3) is 6.08 Å². The van der Waals surface area contributed by atoms with Gasteiger partial charge in [0.1, 0.15) is 0 Å². The molecule has 0 saturated carbocycles. The minimum absolute atomic E-state index is 0.280. The van der Waals surface area contributed by atoms with Crippen LogP contribution in [0.1, 0.15) is 23.1 Å². The first kappa shape index (κ1) is 21.4. The highest BCUT2D eigenvalue weighted by atomic mass is 15.4. The van der Waals surface area contributed by atoms with Crippen molar-refractivity contribution in [2.24, 2.45) is 0 Å². The van der Waals surface area contributed by atoms with Gasteiger partial charge in [-0.2, -0.15) is 0 Å². The van der Waals surface area contributed by atoms with Crippen molar-refractivity contribution in [3.63, 3.8) is 0 Å². The van der Waals surface area contributed by atoms with Gasteiger partial charge in [-0.1, -0.05) is 84.9 Å². The molecule has 4 rings (SSSR count). The average Bonchev–Trinajstić information content (AvgIpc) is 2.80. The fourth-order valence-corrected chi connectivity index (χ4v) is 4.28. The molecule has 3 nitrogen and oxygen atoms in total. The summed E-state index contributed by atoms with van der Waals surface area (Å²) in [6.07, 6.45) is 6.14. The van der Waals surface area contributed by atoms with E-state index in [9.17, 15) is 0 Å². The molecule has 0 unspecified atom stereocenters. The largest absolute Gasteiger partial charge is 0.378 e. The van der Waals surface area contributed by atoms with Gasteiger partial charge in [0.25, 0.3) is 0 Å². The first-order chi connectivity index (χ1) is 15.2. The predicted octanol–water partition coefficient (Wildman–Crippen LogP) is 5.50. The molecule has 3 heteroatoms. The van der Waals surface area contributed by atoms with Crippen LogP contribution in [0.2, 0.25) is 0 Å². The van der Waals surface area contributed by atoms with E-state index in [1.807, 2.05) is 0 Å². The van der Waals surface area contributed by atoms with E-state index in [1.165, 1.54) is 28.8 Å². The van der Waals surface area contributed by atoms with Crippen molar-refractivity contribution >= 4 is 11.8 Å². The summed E-state index contributed by atoms with van der Waals surface area (Å²) in [4.78, 5) is 7.34. The maximum atomic E-state index is 2.60. The monoisotopic (exact) mass is 411 g/mol. The zero-order valence-corrected chi connectivity index (χ0v) is 18.7. The van der Waals surface area contributed by atoms with E-state index in [2.05, 4.69) is 126 Å². The molecule has 0 aliphatic carbocycles. The molecule has 1 heterocycles. The van der Waals surface area contributed by atoms with Gasteiger partial charge in [-0.15, -0.1) is 0 Å². The van der Waals surface area contributed by atoms with Crippen molar-refractivity contribution in [1.29, 1.82) is 0 Å². The Morgan fingerprint density at radius 2 is 1.26 bits per heavy atom. The fourth-order valence-electron chi connectivity index (χ4n) is 4.28. The summed E-state index contributed by atoms with van der Waals surface area (Å²) in [5, 5.41) is 0. The van der Waals surface area contributed by atoms with Crippen molar-refractivity contribution in [3.8, 4) is 0 Å². The Kier molecular flexibility index (Phi) is 7.18. The summed E-state index contributed by atoms with van der Waals surface area (Å²) in [5.74, 6) is 0. The van der Waals surface area contributed by atoms with Crippen LogP contribution in [0.5, 0.6) is 0 Å². The maximum absolute atomic E-state index is 2.60. The average molecular weight is 412 g/mol. The molecular weight excluding hydrogens is 378 g/mol. The molecule has 0 bridgehead atoms. The van der Waals surface area contributed by atoms with Crippen LogP contribution in [-0.4, -0.2) is 43.2 Å². The number of rotatable bonds is 7. The van der Waals surface area contributed by atoms with Crippen LogP contribution in [0.4, 0.5) is 5.69 Å². The molecule has 1 aliphatic rings. The molecule has 1 saturated heterocycles. The van der Waals surface area contributed by atoms with E-state index >= 15 is 0 Å². The molecule has 0 amide bonds. The molecule has 0 aromatic heterocycles. The van der Waals surface area contributed by atoms with Gasteiger partial charge >= 0.3 is 0 Å². The minimum Gasteiger partial charge on any atom is -0.378 e. The van der Waals surface area contributed by atoms with Crippen molar-refractivity contribution in [2.75, 3.05) is 32.1 Å². The van der Waals surface area contributed by atoms with Crippen LogP contribution >= 0.6 is 0 Å². The number of anilines is 1. The second-order valence-corrected chi connectivity index (χ2v) is 8.52. The molecule has 0 radical (unpaired) electrons. The van der Waals surface area contributed by atoms with Gasteiger partial charge in [0, 0.05) is 46.0 Å². The molecule has 0 N–H and O–H groups in total. The first-order valence-electron chi connectivity index (χ1n) is 11.2. The summed E-state index contributed by atoms with van der Waals surface area (Å²) < 4.78 is 0. The lowest BCUT2D eigenvalue weighted by atomic mass is 10.1. The summed E-state index contributed by atoms with van der Waals surface area (Å²) in [6, 6.07) is 30.4. The molecule has 0 spiro atoms. The van der Waals surface area contributed by atoms with E-state index in [1.54, 1.807) is 0 Å². The first-order valence-corrected chi connectivity index (χ1v) is 11.2. The third-order valence-electron chi connectivity index (χ3n) is 5.97. The minimum atomic E-state index is 0.280. The molecule has 31 heavy (non-hydrogen) atoms. The van der Waals surface area contributed by atoms with Crippen LogP contribution in [0.15, 0.2) is 91.0 Å². The number of hydrogen-bond acceptors (Lipinski definition) is 3. The third kappa shape index (κ3) is 5.84. The highest BCUT2D eigenvalue weighted by Crippen LogP contribution is 2.22. The van der Waals surface area contributed by atoms with Crippen molar-refractivity contribution in [3.05, 3.63) is 108 Å². The van der Waals surface area contributed by atoms with Gasteiger partial charge in [-0.05, 0) is 35.2 Å². The van der Waals surface area contributed by atoms with Gasteiger partial charge < -0.3 is 4.90 Å².